The maximum absolute atomic E-state index is 12.2. The van der Waals surface area contributed by atoms with Crippen molar-refractivity contribution in [3.8, 4) is 0 Å². The van der Waals surface area contributed by atoms with E-state index >= 15 is 0 Å². The minimum absolute atomic E-state index is 0.146. The van der Waals surface area contributed by atoms with Gasteiger partial charge in [0.15, 0.2) is 0 Å². The van der Waals surface area contributed by atoms with Crippen LogP contribution in [0.3, 0.4) is 0 Å². The fourth-order valence-corrected chi connectivity index (χ4v) is 3.46. The molecule has 0 heterocycles. The topological polar surface area (TPSA) is 138 Å². The van der Waals surface area contributed by atoms with E-state index in [0.29, 0.717) is 0 Å². The zero-order valence-corrected chi connectivity index (χ0v) is 12.1. The van der Waals surface area contributed by atoms with Crippen molar-refractivity contribution >= 4 is 20.0 Å². The average Bonchev–Trinajstić information content (AvgIpc) is 2.37. The summed E-state index contributed by atoms with van der Waals surface area (Å²) in [5.41, 5.74) is 0. The number of aliphatic hydroxyl groups excluding tert-OH is 2. The number of benzene rings is 1. The largest absolute Gasteiger partial charge is 0.395 e. The van der Waals surface area contributed by atoms with Crippen molar-refractivity contribution in [3.63, 3.8) is 0 Å². The number of nitrogens with two attached hydrogens (primary N) is 1. The molecule has 0 aliphatic carbocycles. The quantitative estimate of drug-likeness (QED) is 0.547. The standard InChI is InChI=1S/C10H16N2O6S2/c11-19(15,16)9-1-3-10(4-2-9)20(17,18)12(5-7-13)6-8-14/h1-4,13-14H,5-8H2,(H2,11,15,16). The van der Waals surface area contributed by atoms with Gasteiger partial charge in [0.25, 0.3) is 0 Å². The summed E-state index contributed by atoms with van der Waals surface area (Å²) in [4.78, 5) is -0.348. The highest BCUT2D eigenvalue weighted by atomic mass is 32.2. The lowest BCUT2D eigenvalue weighted by molar-refractivity contribution is 0.217. The number of rotatable bonds is 7. The van der Waals surface area contributed by atoms with Crippen molar-refractivity contribution in [3.05, 3.63) is 24.3 Å². The molecular formula is C10H16N2O6S2. The summed E-state index contributed by atoms with van der Waals surface area (Å²) >= 11 is 0. The van der Waals surface area contributed by atoms with Crippen LogP contribution in [-0.2, 0) is 20.0 Å². The van der Waals surface area contributed by atoms with Gasteiger partial charge in [0.05, 0.1) is 23.0 Å². The van der Waals surface area contributed by atoms with Gasteiger partial charge in [-0.3, -0.25) is 0 Å². The average molecular weight is 324 g/mol. The van der Waals surface area contributed by atoms with E-state index in [1.807, 2.05) is 0 Å². The smallest absolute Gasteiger partial charge is 0.243 e. The molecule has 0 aromatic heterocycles. The second-order valence-electron chi connectivity index (χ2n) is 3.87. The normalized spacial score (nSPS) is 12.8. The van der Waals surface area contributed by atoms with Crippen LogP contribution in [0.2, 0.25) is 0 Å². The Balaban J connectivity index is 3.15. The monoisotopic (exact) mass is 324 g/mol. The highest BCUT2D eigenvalue weighted by molar-refractivity contribution is 7.89. The SMILES string of the molecule is NS(=O)(=O)c1ccc(S(=O)(=O)N(CCO)CCO)cc1. The first-order chi connectivity index (χ1) is 9.23. The molecule has 0 unspecified atom stereocenters. The number of nitrogens with zero attached hydrogens (tertiary/aromatic N) is 1. The minimum Gasteiger partial charge on any atom is -0.395 e. The molecule has 0 radical (unpaired) electrons. The first-order valence-corrected chi connectivity index (χ1v) is 8.57. The van der Waals surface area contributed by atoms with Gasteiger partial charge >= 0.3 is 0 Å². The molecule has 10 heteroatoms. The Morgan fingerprint density at radius 1 is 0.900 bits per heavy atom. The molecule has 0 saturated carbocycles. The molecule has 0 fully saturated rings. The summed E-state index contributed by atoms with van der Waals surface area (Å²) in [6.45, 7) is -1.12. The predicted octanol–water partition coefficient (Wildman–Crippen LogP) is -1.69. The summed E-state index contributed by atoms with van der Waals surface area (Å²) in [6, 6.07) is 4.38. The van der Waals surface area contributed by atoms with Gasteiger partial charge in [0, 0.05) is 13.1 Å². The van der Waals surface area contributed by atoms with Crippen LogP contribution in [0.5, 0.6) is 0 Å². The molecule has 4 N–H and O–H groups in total. The fourth-order valence-electron chi connectivity index (χ4n) is 1.53. The van der Waals surface area contributed by atoms with Crippen molar-refractivity contribution in [1.82, 2.24) is 4.31 Å². The van der Waals surface area contributed by atoms with Gasteiger partial charge in [0.1, 0.15) is 0 Å². The molecule has 0 aliphatic heterocycles. The van der Waals surface area contributed by atoms with Crippen LogP contribution in [-0.4, -0.2) is 57.7 Å². The van der Waals surface area contributed by atoms with Crippen molar-refractivity contribution in [2.24, 2.45) is 5.14 Å². The second-order valence-corrected chi connectivity index (χ2v) is 7.37. The van der Waals surface area contributed by atoms with Crippen LogP contribution >= 0.6 is 0 Å². The van der Waals surface area contributed by atoms with Crippen LogP contribution < -0.4 is 5.14 Å². The van der Waals surface area contributed by atoms with Crippen molar-refractivity contribution in [2.75, 3.05) is 26.3 Å². The van der Waals surface area contributed by atoms with Gasteiger partial charge in [0.2, 0.25) is 20.0 Å². The summed E-state index contributed by atoms with van der Waals surface area (Å²) in [7, 11) is -7.80. The lowest BCUT2D eigenvalue weighted by Gasteiger charge is -2.20. The number of primary sulfonamides is 1. The van der Waals surface area contributed by atoms with Crippen molar-refractivity contribution < 1.29 is 27.0 Å². The maximum atomic E-state index is 12.2. The predicted molar refractivity (Wildman–Crippen MR) is 70.7 cm³/mol. The van der Waals surface area contributed by atoms with E-state index < -0.39 is 33.3 Å². The Morgan fingerprint density at radius 3 is 1.65 bits per heavy atom. The van der Waals surface area contributed by atoms with E-state index in [0.717, 1.165) is 28.6 Å². The summed E-state index contributed by atoms with van der Waals surface area (Å²) < 4.78 is 47.5. The molecule has 0 aliphatic rings. The molecule has 1 aromatic carbocycles. The van der Waals surface area contributed by atoms with Gasteiger partial charge in [-0.1, -0.05) is 0 Å². The number of hydrogen-bond acceptors (Lipinski definition) is 6. The Labute approximate surface area is 117 Å². The van der Waals surface area contributed by atoms with Gasteiger partial charge in [-0.05, 0) is 24.3 Å². The van der Waals surface area contributed by atoms with Gasteiger partial charge in [-0.2, -0.15) is 4.31 Å². The first-order valence-electron chi connectivity index (χ1n) is 5.58. The van der Waals surface area contributed by atoms with Crippen molar-refractivity contribution in [1.29, 1.82) is 0 Å². The molecule has 0 spiro atoms. The lowest BCUT2D eigenvalue weighted by Crippen LogP contribution is -2.35. The van der Waals surface area contributed by atoms with Crippen LogP contribution in [0.25, 0.3) is 0 Å². The Bertz CT molecular complexity index is 633. The lowest BCUT2D eigenvalue weighted by atomic mass is 10.4. The fraction of sp³-hybridized carbons (Fsp3) is 0.400. The summed E-state index contributed by atoms with van der Waals surface area (Å²) in [5, 5.41) is 22.6. The van der Waals surface area contributed by atoms with E-state index in [2.05, 4.69) is 0 Å². The number of aliphatic hydroxyl groups is 2. The molecule has 1 aromatic rings. The van der Waals surface area contributed by atoms with E-state index in [9.17, 15) is 16.8 Å². The van der Waals surface area contributed by atoms with E-state index in [1.165, 1.54) is 0 Å². The molecule has 114 valence electrons. The number of sulfonamides is 2. The Morgan fingerprint density at radius 2 is 1.30 bits per heavy atom. The molecule has 0 bridgehead atoms. The molecule has 20 heavy (non-hydrogen) atoms. The minimum atomic E-state index is -3.91. The molecular weight excluding hydrogens is 308 g/mol. The van der Waals surface area contributed by atoms with Crippen LogP contribution in [0.1, 0.15) is 0 Å². The Hall–Kier alpha value is -1.04. The highest BCUT2D eigenvalue weighted by Crippen LogP contribution is 2.17. The zero-order chi connectivity index (χ0) is 15.4. The van der Waals surface area contributed by atoms with E-state index in [1.54, 1.807) is 0 Å². The maximum Gasteiger partial charge on any atom is 0.243 e. The first kappa shape index (κ1) is 17.0. The van der Waals surface area contributed by atoms with E-state index in [4.69, 9.17) is 15.4 Å². The highest BCUT2D eigenvalue weighted by Gasteiger charge is 2.23. The molecule has 0 atom stereocenters. The van der Waals surface area contributed by atoms with Gasteiger partial charge in [-0.25, -0.2) is 22.0 Å². The molecule has 0 amide bonds. The van der Waals surface area contributed by atoms with Gasteiger partial charge < -0.3 is 10.2 Å². The summed E-state index contributed by atoms with van der Waals surface area (Å²) in [5.74, 6) is 0. The molecule has 8 nitrogen and oxygen atoms in total. The van der Waals surface area contributed by atoms with Crippen LogP contribution in [0.15, 0.2) is 34.1 Å². The second kappa shape index (κ2) is 6.61. The molecule has 1 rings (SSSR count). The zero-order valence-electron chi connectivity index (χ0n) is 10.5. The third-order valence-electron chi connectivity index (χ3n) is 2.49. The third kappa shape index (κ3) is 3.98. The van der Waals surface area contributed by atoms with Gasteiger partial charge in [-0.15, -0.1) is 0 Å². The summed E-state index contributed by atoms with van der Waals surface area (Å²) in [6.07, 6.45) is 0. The van der Waals surface area contributed by atoms with Crippen LogP contribution in [0, 0.1) is 0 Å². The van der Waals surface area contributed by atoms with E-state index in [-0.39, 0.29) is 22.9 Å². The van der Waals surface area contributed by atoms with Crippen LogP contribution in [0.4, 0.5) is 0 Å². The molecule has 0 saturated heterocycles. The van der Waals surface area contributed by atoms with Crippen molar-refractivity contribution in [2.45, 2.75) is 9.79 Å². The third-order valence-corrected chi connectivity index (χ3v) is 5.33. The Kier molecular flexibility index (Phi) is 5.62. The number of hydrogen-bond donors (Lipinski definition) is 3.